The first-order valence-electron chi connectivity index (χ1n) is 4.58. The van der Waals surface area contributed by atoms with Crippen molar-refractivity contribution in [2.24, 2.45) is 11.1 Å². The van der Waals surface area contributed by atoms with Crippen LogP contribution in [0, 0.1) is 5.41 Å². The first-order chi connectivity index (χ1) is 6.55. The highest BCUT2D eigenvalue weighted by Gasteiger charge is 2.50. The Morgan fingerprint density at radius 2 is 2.07 bits per heavy atom. The van der Waals surface area contributed by atoms with E-state index >= 15 is 0 Å². The zero-order valence-electron chi connectivity index (χ0n) is 8.58. The van der Waals surface area contributed by atoms with Crippen LogP contribution in [0.15, 0.2) is 0 Å². The Hall–Kier alpha value is -1.10. The average Bonchev–Trinajstić information content (AvgIpc) is 2.97. The van der Waals surface area contributed by atoms with Crippen LogP contribution in [0.1, 0.15) is 12.8 Å². The standard InChI is InChI=1S/C9H16N2O3/c1-11(5-7(12)14-2)8(13)9(6-10)3-4-9/h3-6,10H2,1-2H3. The van der Waals surface area contributed by atoms with E-state index in [1.165, 1.54) is 12.0 Å². The van der Waals surface area contributed by atoms with Gasteiger partial charge in [-0.15, -0.1) is 0 Å². The zero-order chi connectivity index (χ0) is 10.8. The number of likely N-dealkylation sites (N-methyl/N-ethyl adjacent to an activating group) is 1. The minimum Gasteiger partial charge on any atom is -0.468 e. The minimum absolute atomic E-state index is 0.00289. The summed E-state index contributed by atoms with van der Waals surface area (Å²) in [5.41, 5.74) is 5.12. The summed E-state index contributed by atoms with van der Waals surface area (Å²) in [5, 5.41) is 0. The fraction of sp³-hybridized carbons (Fsp3) is 0.778. The summed E-state index contributed by atoms with van der Waals surface area (Å²) in [7, 11) is 2.89. The maximum atomic E-state index is 11.7. The lowest BCUT2D eigenvalue weighted by Gasteiger charge is -2.21. The van der Waals surface area contributed by atoms with E-state index in [2.05, 4.69) is 4.74 Å². The van der Waals surface area contributed by atoms with Gasteiger partial charge in [-0.25, -0.2) is 0 Å². The molecule has 0 radical (unpaired) electrons. The lowest BCUT2D eigenvalue weighted by Crippen LogP contribution is -2.40. The molecule has 14 heavy (non-hydrogen) atoms. The van der Waals surface area contributed by atoms with Gasteiger partial charge in [0, 0.05) is 13.6 Å². The van der Waals surface area contributed by atoms with E-state index in [4.69, 9.17) is 5.73 Å². The average molecular weight is 200 g/mol. The van der Waals surface area contributed by atoms with Crippen molar-refractivity contribution in [1.29, 1.82) is 0 Å². The first-order valence-corrected chi connectivity index (χ1v) is 4.58. The number of nitrogens with two attached hydrogens (primary N) is 1. The molecule has 80 valence electrons. The van der Waals surface area contributed by atoms with Crippen molar-refractivity contribution in [2.75, 3.05) is 27.2 Å². The Morgan fingerprint density at radius 1 is 1.50 bits per heavy atom. The summed E-state index contributed by atoms with van der Waals surface area (Å²) in [6.07, 6.45) is 1.65. The van der Waals surface area contributed by atoms with Crippen molar-refractivity contribution in [3.8, 4) is 0 Å². The molecule has 5 heteroatoms. The maximum Gasteiger partial charge on any atom is 0.325 e. The van der Waals surface area contributed by atoms with Crippen molar-refractivity contribution < 1.29 is 14.3 Å². The molecule has 5 nitrogen and oxygen atoms in total. The van der Waals surface area contributed by atoms with E-state index in [9.17, 15) is 9.59 Å². The molecule has 1 aliphatic carbocycles. The Kier molecular flexibility index (Phi) is 3.10. The number of nitrogens with zero attached hydrogens (tertiary/aromatic N) is 1. The molecule has 2 N–H and O–H groups in total. The van der Waals surface area contributed by atoms with Gasteiger partial charge in [-0.1, -0.05) is 0 Å². The SMILES string of the molecule is COC(=O)CN(C)C(=O)C1(CN)CC1. The molecule has 0 aromatic carbocycles. The third-order valence-corrected chi connectivity index (χ3v) is 2.64. The van der Waals surface area contributed by atoms with Crippen LogP contribution in [0.2, 0.25) is 0 Å². The predicted molar refractivity (Wildman–Crippen MR) is 50.4 cm³/mol. The van der Waals surface area contributed by atoms with Gasteiger partial charge in [0.25, 0.3) is 0 Å². The number of ether oxygens (including phenoxy) is 1. The largest absolute Gasteiger partial charge is 0.468 e. The number of rotatable bonds is 4. The van der Waals surface area contributed by atoms with E-state index in [0.29, 0.717) is 6.54 Å². The molecule has 1 fully saturated rings. The molecule has 1 aliphatic rings. The fourth-order valence-corrected chi connectivity index (χ4v) is 1.39. The van der Waals surface area contributed by atoms with Crippen LogP contribution in [0.4, 0.5) is 0 Å². The number of amides is 1. The van der Waals surface area contributed by atoms with E-state index in [1.807, 2.05) is 0 Å². The monoisotopic (exact) mass is 200 g/mol. The number of methoxy groups -OCH3 is 1. The van der Waals surface area contributed by atoms with Gasteiger partial charge >= 0.3 is 5.97 Å². The smallest absolute Gasteiger partial charge is 0.325 e. The van der Waals surface area contributed by atoms with Crippen LogP contribution in [0.25, 0.3) is 0 Å². The first kappa shape index (κ1) is 11.0. The molecule has 0 spiro atoms. The van der Waals surface area contributed by atoms with E-state index in [-0.39, 0.29) is 17.9 Å². The highest BCUT2D eigenvalue weighted by atomic mass is 16.5. The number of hydrogen-bond acceptors (Lipinski definition) is 4. The molecule has 1 rings (SSSR count). The molecular formula is C9H16N2O3. The van der Waals surface area contributed by atoms with Gasteiger partial charge in [-0.3, -0.25) is 9.59 Å². The van der Waals surface area contributed by atoms with Gasteiger partial charge in [-0.05, 0) is 12.8 Å². The summed E-state index contributed by atoms with van der Waals surface area (Å²) in [4.78, 5) is 24.0. The molecular weight excluding hydrogens is 184 g/mol. The topological polar surface area (TPSA) is 72.6 Å². The van der Waals surface area contributed by atoms with Crippen LogP contribution in [-0.4, -0.2) is 44.0 Å². The number of carbonyl (C=O) groups is 2. The summed E-state index contributed by atoms with van der Waals surface area (Å²) in [6, 6.07) is 0. The van der Waals surface area contributed by atoms with Crippen molar-refractivity contribution >= 4 is 11.9 Å². The van der Waals surface area contributed by atoms with Gasteiger partial charge < -0.3 is 15.4 Å². The minimum atomic E-state index is -0.409. The predicted octanol–water partition coefficient (Wildman–Crippen LogP) is -0.643. The van der Waals surface area contributed by atoms with E-state index in [1.54, 1.807) is 7.05 Å². The number of carbonyl (C=O) groups excluding carboxylic acids is 2. The molecule has 0 aromatic heterocycles. The quantitative estimate of drug-likeness (QED) is 0.612. The normalized spacial score (nSPS) is 17.4. The van der Waals surface area contributed by atoms with Crippen molar-refractivity contribution in [1.82, 2.24) is 4.90 Å². The van der Waals surface area contributed by atoms with Gasteiger partial charge in [0.05, 0.1) is 12.5 Å². The van der Waals surface area contributed by atoms with E-state index in [0.717, 1.165) is 12.8 Å². The summed E-state index contributed by atoms with van der Waals surface area (Å²) in [5.74, 6) is -0.459. The Bertz CT molecular complexity index is 248. The second kappa shape index (κ2) is 3.96. The van der Waals surface area contributed by atoms with Crippen LogP contribution in [-0.2, 0) is 14.3 Å². The second-order valence-corrected chi connectivity index (χ2v) is 3.72. The molecule has 1 amide bonds. The molecule has 0 heterocycles. The van der Waals surface area contributed by atoms with Gasteiger partial charge in [-0.2, -0.15) is 0 Å². The zero-order valence-corrected chi connectivity index (χ0v) is 8.58. The molecule has 0 atom stereocenters. The molecule has 0 unspecified atom stereocenters. The second-order valence-electron chi connectivity index (χ2n) is 3.72. The summed E-state index contributed by atoms with van der Waals surface area (Å²) < 4.78 is 4.47. The lowest BCUT2D eigenvalue weighted by atomic mass is 10.1. The Balaban J connectivity index is 2.49. The Labute approximate surface area is 83.2 Å². The van der Waals surface area contributed by atoms with Crippen LogP contribution >= 0.6 is 0 Å². The van der Waals surface area contributed by atoms with Gasteiger partial charge in [0.1, 0.15) is 6.54 Å². The number of hydrogen-bond donors (Lipinski definition) is 1. The third kappa shape index (κ3) is 2.04. The maximum absolute atomic E-state index is 11.7. The fourth-order valence-electron chi connectivity index (χ4n) is 1.39. The van der Waals surface area contributed by atoms with Crippen molar-refractivity contribution in [2.45, 2.75) is 12.8 Å². The highest BCUT2D eigenvalue weighted by molar-refractivity contribution is 5.88. The summed E-state index contributed by atoms with van der Waals surface area (Å²) in [6.45, 7) is 0.356. The third-order valence-electron chi connectivity index (χ3n) is 2.64. The molecule has 0 bridgehead atoms. The van der Waals surface area contributed by atoms with Crippen molar-refractivity contribution in [3.05, 3.63) is 0 Å². The van der Waals surface area contributed by atoms with Crippen LogP contribution in [0.5, 0.6) is 0 Å². The van der Waals surface area contributed by atoms with Gasteiger partial charge in [0.2, 0.25) is 5.91 Å². The lowest BCUT2D eigenvalue weighted by molar-refractivity contribution is -0.147. The summed E-state index contributed by atoms with van der Waals surface area (Å²) >= 11 is 0. The molecule has 0 aliphatic heterocycles. The molecule has 0 saturated heterocycles. The highest BCUT2D eigenvalue weighted by Crippen LogP contribution is 2.45. The van der Waals surface area contributed by atoms with Crippen molar-refractivity contribution in [3.63, 3.8) is 0 Å². The Morgan fingerprint density at radius 3 is 2.43 bits per heavy atom. The molecule has 1 saturated carbocycles. The molecule has 0 aromatic rings. The van der Waals surface area contributed by atoms with Gasteiger partial charge in [0.15, 0.2) is 0 Å². The van der Waals surface area contributed by atoms with Crippen LogP contribution in [0.3, 0.4) is 0 Å². The van der Waals surface area contributed by atoms with Crippen LogP contribution < -0.4 is 5.73 Å². The van der Waals surface area contributed by atoms with E-state index < -0.39 is 5.97 Å². The number of esters is 1.